The lowest BCUT2D eigenvalue weighted by Gasteiger charge is -2.28. The minimum Gasteiger partial charge on any atom is -0.394 e. The number of carbonyl (C=O) groups is 2. The van der Waals surface area contributed by atoms with E-state index in [1.165, 1.54) is 18.2 Å². The van der Waals surface area contributed by atoms with Crippen molar-refractivity contribution in [3.05, 3.63) is 35.6 Å². The third-order valence-corrected chi connectivity index (χ3v) is 3.76. The molecule has 0 spiro atoms. The van der Waals surface area contributed by atoms with Crippen LogP contribution in [0.25, 0.3) is 0 Å². The Morgan fingerprint density at radius 2 is 2.00 bits per heavy atom. The van der Waals surface area contributed by atoms with E-state index in [1.807, 2.05) is 0 Å². The molecule has 1 aliphatic rings. The highest BCUT2D eigenvalue weighted by molar-refractivity contribution is 5.96. The summed E-state index contributed by atoms with van der Waals surface area (Å²) in [4.78, 5) is 23.6. The molecule has 2 rings (SSSR count). The van der Waals surface area contributed by atoms with E-state index < -0.39 is 17.3 Å². The second-order valence-electron chi connectivity index (χ2n) is 5.39. The quantitative estimate of drug-likeness (QED) is 0.757. The molecule has 0 atom stereocenters. The average Bonchev–Trinajstić information content (AvgIpc) is 2.94. The maximum absolute atomic E-state index is 13.0. The molecular weight excluding hydrogens is 275 g/mol. The molecule has 1 aromatic rings. The van der Waals surface area contributed by atoms with Crippen LogP contribution in [0.15, 0.2) is 24.3 Å². The molecule has 0 aromatic heterocycles. The Bertz CT molecular complexity index is 527. The number of halogens is 1. The largest absolute Gasteiger partial charge is 0.394 e. The molecule has 0 aliphatic heterocycles. The molecular formula is C15H19FN2O3. The fourth-order valence-corrected chi connectivity index (χ4v) is 2.61. The van der Waals surface area contributed by atoms with Gasteiger partial charge in [-0.3, -0.25) is 9.59 Å². The number of rotatable bonds is 5. The normalized spacial score (nSPS) is 16.5. The minimum absolute atomic E-state index is 0.101. The molecule has 5 nitrogen and oxygen atoms in total. The van der Waals surface area contributed by atoms with Gasteiger partial charge in [0.05, 0.1) is 18.7 Å². The molecule has 0 heterocycles. The number of benzene rings is 1. The van der Waals surface area contributed by atoms with Crippen molar-refractivity contribution >= 4 is 11.8 Å². The van der Waals surface area contributed by atoms with Gasteiger partial charge in [0.15, 0.2) is 0 Å². The molecule has 1 aliphatic carbocycles. The summed E-state index contributed by atoms with van der Waals surface area (Å²) in [6, 6.07) is 5.26. The lowest BCUT2D eigenvalue weighted by Crippen LogP contribution is -2.52. The Labute approximate surface area is 122 Å². The number of aliphatic hydroxyl groups excluding tert-OH is 1. The smallest absolute Gasteiger partial charge is 0.251 e. The molecule has 6 heteroatoms. The first-order valence-corrected chi connectivity index (χ1v) is 7.00. The van der Waals surface area contributed by atoms with E-state index in [0.29, 0.717) is 0 Å². The number of hydrogen-bond acceptors (Lipinski definition) is 3. The van der Waals surface area contributed by atoms with Gasteiger partial charge >= 0.3 is 0 Å². The molecule has 0 saturated heterocycles. The van der Waals surface area contributed by atoms with E-state index in [2.05, 4.69) is 10.6 Å². The van der Waals surface area contributed by atoms with Gasteiger partial charge in [0.1, 0.15) is 5.82 Å². The van der Waals surface area contributed by atoms with E-state index in [-0.39, 0.29) is 24.6 Å². The van der Waals surface area contributed by atoms with Crippen molar-refractivity contribution < 1.29 is 19.1 Å². The van der Waals surface area contributed by atoms with Gasteiger partial charge in [-0.15, -0.1) is 0 Å². The van der Waals surface area contributed by atoms with E-state index in [4.69, 9.17) is 0 Å². The molecule has 0 unspecified atom stereocenters. The molecule has 1 fully saturated rings. The number of hydrogen-bond donors (Lipinski definition) is 3. The van der Waals surface area contributed by atoms with Gasteiger partial charge in [0.2, 0.25) is 5.91 Å². The van der Waals surface area contributed by atoms with Crippen LogP contribution in [0, 0.1) is 5.82 Å². The first-order valence-electron chi connectivity index (χ1n) is 7.00. The summed E-state index contributed by atoms with van der Waals surface area (Å²) in [7, 11) is 0. The first kappa shape index (κ1) is 15.4. The molecule has 0 bridgehead atoms. The molecule has 2 amide bonds. The van der Waals surface area contributed by atoms with Crippen molar-refractivity contribution in [3.8, 4) is 0 Å². The van der Waals surface area contributed by atoms with Gasteiger partial charge in [-0.2, -0.15) is 0 Å². The minimum atomic E-state index is -0.555. The number of amides is 2. The van der Waals surface area contributed by atoms with Gasteiger partial charge in [0, 0.05) is 5.56 Å². The van der Waals surface area contributed by atoms with Crippen molar-refractivity contribution in [2.45, 2.75) is 31.2 Å². The van der Waals surface area contributed by atoms with Gasteiger partial charge in [-0.1, -0.05) is 18.9 Å². The average molecular weight is 294 g/mol. The summed E-state index contributed by atoms with van der Waals surface area (Å²) < 4.78 is 13.0. The van der Waals surface area contributed by atoms with Crippen LogP contribution in [-0.2, 0) is 4.79 Å². The van der Waals surface area contributed by atoms with Crippen LogP contribution in [0.1, 0.15) is 36.0 Å². The van der Waals surface area contributed by atoms with Crippen LogP contribution in [0.5, 0.6) is 0 Å². The summed E-state index contributed by atoms with van der Waals surface area (Å²) in [6.45, 7) is -0.298. The zero-order valence-corrected chi connectivity index (χ0v) is 11.7. The van der Waals surface area contributed by atoms with Crippen LogP contribution in [0.4, 0.5) is 4.39 Å². The zero-order valence-electron chi connectivity index (χ0n) is 11.7. The van der Waals surface area contributed by atoms with E-state index in [0.717, 1.165) is 31.7 Å². The van der Waals surface area contributed by atoms with Gasteiger partial charge in [-0.25, -0.2) is 4.39 Å². The Kier molecular flexibility index (Phi) is 4.90. The van der Waals surface area contributed by atoms with Crippen molar-refractivity contribution in [1.82, 2.24) is 10.6 Å². The summed E-state index contributed by atoms with van der Waals surface area (Å²) in [5.74, 6) is -1.36. The van der Waals surface area contributed by atoms with Crippen molar-refractivity contribution in [3.63, 3.8) is 0 Å². The van der Waals surface area contributed by atoms with Crippen LogP contribution in [0.2, 0.25) is 0 Å². The van der Waals surface area contributed by atoms with Crippen molar-refractivity contribution in [1.29, 1.82) is 0 Å². The van der Waals surface area contributed by atoms with Gasteiger partial charge < -0.3 is 15.7 Å². The molecule has 3 N–H and O–H groups in total. The molecule has 1 aromatic carbocycles. The van der Waals surface area contributed by atoms with Gasteiger partial charge in [-0.05, 0) is 31.0 Å². The summed E-state index contributed by atoms with van der Waals surface area (Å²) >= 11 is 0. The van der Waals surface area contributed by atoms with E-state index in [9.17, 15) is 19.1 Å². The maximum atomic E-state index is 13.0. The standard InChI is InChI=1S/C15H19FN2O3/c16-12-5-3-4-11(8-12)14(21)17-9-13(20)18-15(10-19)6-1-2-7-15/h3-5,8,19H,1-2,6-7,9-10H2,(H,17,21)(H,18,20). The highest BCUT2D eigenvalue weighted by Gasteiger charge is 2.34. The maximum Gasteiger partial charge on any atom is 0.251 e. The second-order valence-corrected chi connectivity index (χ2v) is 5.39. The third-order valence-electron chi connectivity index (χ3n) is 3.76. The zero-order chi connectivity index (χ0) is 15.3. The predicted molar refractivity (Wildman–Crippen MR) is 75.2 cm³/mol. The number of carbonyl (C=O) groups excluding carboxylic acids is 2. The summed E-state index contributed by atoms with van der Waals surface area (Å²) in [5, 5.41) is 14.6. The van der Waals surface area contributed by atoms with Crippen molar-refractivity contribution in [2.75, 3.05) is 13.2 Å². The SMILES string of the molecule is O=C(CNC(=O)c1cccc(F)c1)NC1(CO)CCCC1. The van der Waals surface area contributed by atoms with Crippen LogP contribution >= 0.6 is 0 Å². The van der Waals surface area contributed by atoms with Crippen LogP contribution in [0.3, 0.4) is 0 Å². The fourth-order valence-electron chi connectivity index (χ4n) is 2.61. The number of nitrogens with one attached hydrogen (secondary N) is 2. The first-order chi connectivity index (χ1) is 10.0. The Hall–Kier alpha value is -1.95. The Morgan fingerprint density at radius 3 is 2.62 bits per heavy atom. The Balaban J connectivity index is 1.85. The highest BCUT2D eigenvalue weighted by Crippen LogP contribution is 2.28. The van der Waals surface area contributed by atoms with Crippen LogP contribution in [-0.4, -0.2) is 35.6 Å². The fraction of sp³-hybridized carbons (Fsp3) is 0.467. The lowest BCUT2D eigenvalue weighted by atomic mass is 9.99. The van der Waals surface area contributed by atoms with E-state index in [1.54, 1.807) is 0 Å². The Morgan fingerprint density at radius 1 is 1.29 bits per heavy atom. The van der Waals surface area contributed by atoms with Crippen molar-refractivity contribution in [2.24, 2.45) is 0 Å². The lowest BCUT2D eigenvalue weighted by molar-refractivity contribution is -0.122. The molecule has 21 heavy (non-hydrogen) atoms. The summed E-state index contributed by atoms with van der Waals surface area (Å²) in [6.07, 6.45) is 3.42. The molecule has 114 valence electrons. The number of aliphatic hydroxyl groups is 1. The van der Waals surface area contributed by atoms with Gasteiger partial charge in [0.25, 0.3) is 5.91 Å². The summed E-state index contributed by atoms with van der Waals surface area (Å²) in [5.41, 5.74) is -0.388. The topological polar surface area (TPSA) is 78.4 Å². The third kappa shape index (κ3) is 4.01. The van der Waals surface area contributed by atoms with Crippen LogP contribution < -0.4 is 10.6 Å². The molecule has 1 saturated carbocycles. The monoisotopic (exact) mass is 294 g/mol. The predicted octanol–water partition coefficient (Wildman–Crippen LogP) is 0.977. The van der Waals surface area contributed by atoms with E-state index >= 15 is 0 Å². The highest BCUT2D eigenvalue weighted by atomic mass is 19.1. The molecule has 0 radical (unpaired) electrons. The second kappa shape index (κ2) is 6.67.